The van der Waals surface area contributed by atoms with Crippen LogP contribution in [0, 0.1) is 0 Å². The van der Waals surface area contributed by atoms with Crippen molar-refractivity contribution in [1.29, 1.82) is 0 Å². The van der Waals surface area contributed by atoms with Gasteiger partial charge in [0.15, 0.2) is 24.8 Å². The lowest BCUT2D eigenvalue weighted by Gasteiger charge is -2.23. The molecule has 0 spiro atoms. The molecule has 1 unspecified atom stereocenters. The number of nitrogens with zero attached hydrogens (tertiary/aromatic N) is 1. The first-order chi connectivity index (χ1) is 14.6. The van der Waals surface area contributed by atoms with E-state index in [1.807, 2.05) is 18.2 Å². The standard InChI is InChI=1S/C23H19N3O4/c1-30-18-8-2-6-16(11-18)21(27)19-20(17-7-4-10-25-13-17)26(23(29)22(19)28)14-15-5-3-9-24-12-15/h2-13,20,27H,14H2,1H3/p+2. The van der Waals surface area contributed by atoms with Gasteiger partial charge in [0.1, 0.15) is 11.5 Å². The van der Waals surface area contributed by atoms with Gasteiger partial charge in [-0.3, -0.25) is 9.59 Å². The number of Topliss-reactive ketones (excluding diaryl/α,β-unsaturated/α-hetero) is 1. The lowest BCUT2D eigenvalue weighted by molar-refractivity contribution is -0.379. The van der Waals surface area contributed by atoms with Crippen molar-refractivity contribution < 1.29 is 29.4 Å². The Bertz CT molecular complexity index is 1110. The zero-order chi connectivity index (χ0) is 21.1. The normalized spacial score (nSPS) is 17.9. The van der Waals surface area contributed by atoms with E-state index >= 15 is 0 Å². The van der Waals surface area contributed by atoms with Gasteiger partial charge in [0.25, 0.3) is 11.7 Å². The molecular formula is C23H21N3O4+2. The molecule has 1 fully saturated rings. The molecule has 1 atom stereocenters. The monoisotopic (exact) mass is 403 g/mol. The third-order valence-electron chi connectivity index (χ3n) is 5.05. The number of pyridine rings is 2. The van der Waals surface area contributed by atoms with Crippen LogP contribution in [0.4, 0.5) is 0 Å². The fourth-order valence-corrected chi connectivity index (χ4v) is 3.62. The molecule has 150 valence electrons. The number of ether oxygens (including phenoxy) is 1. The van der Waals surface area contributed by atoms with Crippen LogP contribution in [0.3, 0.4) is 0 Å². The first-order valence-electron chi connectivity index (χ1n) is 9.44. The topological polar surface area (TPSA) is 95.1 Å². The summed E-state index contributed by atoms with van der Waals surface area (Å²) in [4.78, 5) is 33.4. The number of amides is 1. The zero-order valence-corrected chi connectivity index (χ0v) is 16.3. The van der Waals surface area contributed by atoms with Crippen LogP contribution in [-0.4, -0.2) is 28.8 Å². The molecule has 7 heteroatoms. The van der Waals surface area contributed by atoms with E-state index in [1.54, 1.807) is 55.1 Å². The number of hydrogen-bond donors (Lipinski definition) is 1. The number of ketones is 1. The van der Waals surface area contributed by atoms with Crippen LogP contribution < -0.4 is 14.7 Å². The maximum atomic E-state index is 13.0. The van der Waals surface area contributed by atoms with E-state index in [2.05, 4.69) is 9.97 Å². The smallest absolute Gasteiger partial charge is 0.295 e. The first kappa shape index (κ1) is 19.3. The van der Waals surface area contributed by atoms with E-state index in [4.69, 9.17) is 4.74 Å². The van der Waals surface area contributed by atoms with Gasteiger partial charge in [-0.15, -0.1) is 0 Å². The quantitative estimate of drug-likeness (QED) is 0.400. The number of carbonyl (C=O) groups is 2. The van der Waals surface area contributed by atoms with Crippen molar-refractivity contribution >= 4 is 17.4 Å². The maximum Gasteiger partial charge on any atom is 0.295 e. The number of rotatable bonds is 5. The molecule has 0 bridgehead atoms. The third kappa shape index (κ3) is 3.53. The van der Waals surface area contributed by atoms with Crippen LogP contribution in [0.1, 0.15) is 22.7 Å². The third-order valence-corrected chi connectivity index (χ3v) is 5.05. The average molecular weight is 403 g/mol. The maximum absolute atomic E-state index is 13.0. The van der Waals surface area contributed by atoms with Crippen LogP contribution in [0.25, 0.3) is 5.76 Å². The van der Waals surface area contributed by atoms with Gasteiger partial charge in [0, 0.05) is 28.8 Å². The van der Waals surface area contributed by atoms with E-state index in [0.29, 0.717) is 16.9 Å². The molecule has 30 heavy (non-hydrogen) atoms. The minimum atomic E-state index is -0.728. The van der Waals surface area contributed by atoms with E-state index in [-0.39, 0.29) is 17.9 Å². The number of aromatic amines is 2. The van der Waals surface area contributed by atoms with Gasteiger partial charge in [-0.2, -0.15) is 0 Å². The summed E-state index contributed by atoms with van der Waals surface area (Å²) in [6, 6.07) is 13.3. The molecule has 0 radical (unpaired) electrons. The first-order valence-corrected chi connectivity index (χ1v) is 9.44. The lowest BCUT2D eigenvalue weighted by atomic mass is 9.96. The number of aliphatic hydroxyl groups excluding tert-OH is 1. The number of likely N-dealkylation sites (tertiary alicyclic amines) is 1. The molecule has 0 saturated carbocycles. The van der Waals surface area contributed by atoms with Crippen molar-refractivity contribution in [3.05, 3.63) is 95.6 Å². The van der Waals surface area contributed by atoms with Gasteiger partial charge < -0.3 is 14.7 Å². The zero-order valence-electron chi connectivity index (χ0n) is 16.3. The fourth-order valence-electron chi connectivity index (χ4n) is 3.62. The average Bonchev–Trinajstić information content (AvgIpc) is 3.05. The number of H-pyrrole nitrogens is 2. The predicted molar refractivity (Wildman–Crippen MR) is 107 cm³/mol. The summed E-state index contributed by atoms with van der Waals surface area (Å²) in [6.07, 6.45) is 7.00. The number of aliphatic hydroxyl groups is 1. The van der Waals surface area contributed by atoms with Crippen molar-refractivity contribution in [2.45, 2.75) is 12.6 Å². The molecule has 1 amide bonds. The number of aromatic nitrogens is 2. The van der Waals surface area contributed by atoms with Crippen LogP contribution in [0.5, 0.6) is 5.75 Å². The second-order valence-corrected chi connectivity index (χ2v) is 6.91. The summed E-state index contributed by atoms with van der Waals surface area (Å²) in [7, 11) is 1.52. The molecule has 1 aromatic carbocycles. The van der Waals surface area contributed by atoms with Gasteiger partial charge in [-0.05, 0) is 24.3 Å². The van der Waals surface area contributed by atoms with Crippen LogP contribution in [0.15, 0.2) is 78.9 Å². The highest BCUT2D eigenvalue weighted by Crippen LogP contribution is 2.40. The van der Waals surface area contributed by atoms with Crippen LogP contribution >= 0.6 is 0 Å². The highest BCUT2D eigenvalue weighted by molar-refractivity contribution is 6.46. The predicted octanol–water partition coefficient (Wildman–Crippen LogP) is 1.95. The summed E-state index contributed by atoms with van der Waals surface area (Å²) < 4.78 is 5.22. The van der Waals surface area contributed by atoms with E-state index in [0.717, 1.165) is 5.56 Å². The molecule has 0 aliphatic carbocycles. The molecule has 7 nitrogen and oxygen atoms in total. The van der Waals surface area contributed by atoms with Gasteiger partial charge in [0.2, 0.25) is 0 Å². The second kappa shape index (κ2) is 8.16. The Morgan fingerprint density at radius 2 is 1.83 bits per heavy atom. The minimum Gasteiger partial charge on any atom is -0.507 e. The number of nitrogens with one attached hydrogen (secondary N) is 2. The molecule has 1 aliphatic rings. The molecule has 1 saturated heterocycles. The molecule has 3 heterocycles. The lowest BCUT2D eigenvalue weighted by Crippen LogP contribution is -2.30. The van der Waals surface area contributed by atoms with Crippen LogP contribution in [-0.2, 0) is 16.1 Å². The fraction of sp³-hybridized carbons (Fsp3) is 0.130. The Morgan fingerprint density at radius 1 is 1.07 bits per heavy atom. The number of carbonyl (C=O) groups excluding carboxylic acids is 2. The molecule has 3 N–H and O–H groups in total. The van der Waals surface area contributed by atoms with Crippen molar-refractivity contribution in [2.75, 3.05) is 7.11 Å². The van der Waals surface area contributed by atoms with Crippen molar-refractivity contribution in [3.63, 3.8) is 0 Å². The number of benzene rings is 1. The highest BCUT2D eigenvalue weighted by Gasteiger charge is 2.46. The van der Waals surface area contributed by atoms with E-state index < -0.39 is 17.7 Å². The van der Waals surface area contributed by atoms with Gasteiger partial charge >= 0.3 is 0 Å². The molecular weight excluding hydrogens is 382 g/mol. The SMILES string of the molecule is COc1cccc(C(O)=C2C(=O)C(=O)N(Cc3ccc[nH+]c3)C2c2ccc[nH+]c2)c1. The summed E-state index contributed by atoms with van der Waals surface area (Å²) in [5.74, 6) is -1.07. The van der Waals surface area contributed by atoms with Crippen molar-refractivity contribution in [3.8, 4) is 5.75 Å². The molecule has 1 aliphatic heterocycles. The van der Waals surface area contributed by atoms with Crippen LogP contribution in [0.2, 0.25) is 0 Å². The summed E-state index contributed by atoms with van der Waals surface area (Å²) in [6.45, 7) is 0.219. The van der Waals surface area contributed by atoms with Gasteiger partial charge in [-0.1, -0.05) is 12.1 Å². The minimum absolute atomic E-state index is 0.0489. The molecule has 4 rings (SSSR count). The Balaban J connectivity index is 1.85. The molecule has 3 aromatic rings. The Hall–Kier alpha value is -4.00. The van der Waals surface area contributed by atoms with E-state index in [9.17, 15) is 14.7 Å². The van der Waals surface area contributed by atoms with Gasteiger partial charge in [0.05, 0.1) is 25.3 Å². The largest absolute Gasteiger partial charge is 0.507 e. The Labute approximate surface area is 173 Å². The summed E-state index contributed by atoms with van der Waals surface area (Å²) in [5.41, 5.74) is 1.99. The Morgan fingerprint density at radius 3 is 2.50 bits per heavy atom. The number of hydrogen-bond acceptors (Lipinski definition) is 4. The van der Waals surface area contributed by atoms with Crippen molar-refractivity contribution in [2.24, 2.45) is 0 Å². The highest BCUT2D eigenvalue weighted by atomic mass is 16.5. The van der Waals surface area contributed by atoms with Gasteiger partial charge in [-0.25, -0.2) is 9.97 Å². The summed E-state index contributed by atoms with van der Waals surface area (Å²) >= 11 is 0. The summed E-state index contributed by atoms with van der Waals surface area (Å²) in [5, 5.41) is 11.1. The van der Waals surface area contributed by atoms with E-state index in [1.165, 1.54) is 12.0 Å². The molecule has 2 aromatic heterocycles. The second-order valence-electron chi connectivity index (χ2n) is 6.91. The Kier molecular flexibility index (Phi) is 5.26. The van der Waals surface area contributed by atoms with Crippen molar-refractivity contribution in [1.82, 2.24) is 4.90 Å². The number of methoxy groups -OCH3 is 1.